The van der Waals surface area contributed by atoms with Crippen LogP contribution in [-0.2, 0) is 11.3 Å². The number of likely N-dealkylation sites (tertiary alicyclic amines) is 1. The smallest absolute Gasteiger partial charge is 0.251 e. The molecule has 29 heavy (non-hydrogen) atoms. The number of rotatable bonds is 6. The zero-order valence-electron chi connectivity index (χ0n) is 16.9. The van der Waals surface area contributed by atoms with Crippen LogP contribution in [0.15, 0.2) is 36.4 Å². The van der Waals surface area contributed by atoms with E-state index < -0.39 is 5.91 Å². The zero-order valence-corrected chi connectivity index (χ0v) is 16.9. The lowest BCUT2D eigenvalue weighted by Gasteiger charge is -2.16. The van der Waals surface area contributed by atoms with Crippen molar-refractivity contribution in [2.24, 2.45) is 5.73 Å². The Hall–Kier alpha value is -3.15. The van der Waals surface area contributed by atoms with Gasteiger partial charge in [0.15, 0.2) is 0 Å². The SMILES string of the molecule is Cc1c(C(N)=O)c(-c2ccc3ccccc3n2)c(C)n1CCCN1CCCC1=O. The third-order valence-corrected chi connectivity index (χ3v) is 5.87. The topological polar surface area (TPSA) is 81.2 Å². The molecule has 3 aromatic rings. The largest absolute Gasteiger partial charge is 0.366 e. The number of carbonyl (C=O) groups is 2. The second-order valence-electron chi connectivity index (χ2n) is 7.66. The standard InChI is InChI=1S/C23H26N4O2/c1-15-21(19-11-10-17-7-3-4-8-18(17)25-19)22(23(24)29)16(2)27(15)14-6-13-26-12-5-9-20(26)28/h3-4,7-8,10-11H,5-6,9,12-14H2,1-2H3,(H2,24,29). The van der Waals surface area contributed by atoms with Crippen molar-refractivity contribution in [1.82, 2.24) is 14.5 Å². The lowest BCUT2D eigenvalue weighted by atomic mass is 10.0. The number of primary amides is 1. The highest BCUT2D eigenvalue weighted by Crippen LogP contribution is 2.32. The molecule has 2 N–H and O–H groups in total. The minimum atomic E-state index is -0.441. The van der Waals surface area contributed by atoms with Gasteiger partial charge in [-0.05, 0) is 38.8 Å². The van der Waals surface area contributed by atoms with Crippen LogP contribution < -0.4 is 5.73 Å². The summed E-state index contributed by atoms with van der Waals surface area (Å²) in [5, 5.41) is 1.06. The molecule has 150 valence electrons. The molecule has 3 heterocycles. The van der Waals surface area contributed by atoms with Crippen LogP contribution in [0.1, 0.15) is 41.0 Å². The number of nitrogens with two attached hydrogens (primary N) is 1. The van der Waals surface area contributed by atoms with E-state index in [1.807, 2.05) is 55.1 Å². The molecular weight excluding hydrogens is 364 g/mol. The second-order valence-corrected chi connectivity index (χ2v) is 7.66. The second kappa shape index (κ2) is 7.70. The Morgan fingerprint density at radius 1 is 1.10 bits per heavy atom. The van der Waals surface area contributed by atoms with Crippen LogP contribution in [0.5, 0.6) is 0 Å². The quantitative estimate of drug-likeness (QED) is 0.700. The number of pyridine rings is 1. The van der Waals surface area contributed by atoms with Crippen molar-refractivity contribution in [2.75, 3.05) is 13.1 Å². The van der Waals surface area contributed by atoms with Gasteiger partial charge in [0, 0.05) is 48.4 Å². The number of amides is 2. The summed E-state index contributed by atoms with van der Waals surface area (Å²) in [5.74, 6) is -0.200. The molecule has 1 saturated heterocycles. The number of carbonyl (C=O) groups excluding carboxylic acids is 2. The average Bonchev–Trinajstić information content (AvgIpc) is 3.22. The van der Waals surface area contributed by atoms with Gasteiger partial charge in [0.2, 0.25) is 5.91 Å². The lowest BCUT2D eigenvalue weighted by molar-refractivity contribution is -0.127. The van der Waals surface area contributed by atoms with Gasteiger partial charge in [-0.2, -0.15) is 0 Å². The highest BCUT2D eigenvalue weighted by atomic mass is 16.2. The summed E-state index contributed by atoms with van der Waals surface area (Å²) in [7, 11) is 0. The van der Waals surface area contributed by atoms with Gasteiger partial charge in [0.05, 0.1) is 16.8 Å². The molecule has 0 radical (unpaired) electrons. The Bertz CT molecular complexity index is 1100. The Morgan fingerprint density at radius 2 is 1.90 bits per heavy atom. The minimum Gasteiger partial charge on any atom is -0.366 e. The number of fused-ring (bicyclic) bond motifs is 1. The van der Waals surface area contributed by atoms with Gasteiger partial charge < -0.3 is 15.2 Å². The zero-order chi connectivity index (χ0) is 20.5. The number of aromatic nitrogens is 2. The van der Waals surface area contributed by atoms with Crippen LogP contribution in [0.4, 0.5) is 0 Å². The average molecular weight is 390 g/mol. The van der Waals surface area contributed by atoms with Crippen molar-refractivity contribution in [1.29, 1.82) is 0 Å². The number of nitrogens with zero attached hydrogens (tertiary/aromatic N) is 3. The molecule has 2 aromatic heterocycles. The van der Waals surface area contributed by atoms with E-state index in [0.29, 0.717) is 12.0 Å². The summed E-state index contributed by atoms with van der Waals surface area (Å²) in [4.78, 5) is 30.8. The Labute approximate surface area is 170 Å². The summed E-state index contributed by atoms with van der Waals surface area (Å²) >= 11 is 0. The fourth-order valence-corrected chi connectivity index (χ4v) is 4.40. The molecule has 0 spiro atoms. The molecule has 2 amide bonds. The first kappa shape index (κ1) is 19.2. The molecule has 0 atom stereocenters. The van der Waals surface area contributed by atoms with E-state index in [-0.39, 0.29) is 5.91 Å². The van der Waals surface area contributed by atoms with Gasteiger partial charge in [0.1, 0.15) is 0 Å². The van der Waals surface area contributed by atoms with Crippen molar-refractivity contribution in [2.45, 2.75) is 39.7 Å². The maximum Gasteiger partial charge on any atom is 0.251 e. The highest BCUT2D eigenvalue weighted by molar-refractivity contribution is 6.02. The monoisotopic (exact) mass is 390 g/mol. The fourth-order valence-electron chi connectivity index (χ4n) is 4.40. The van der Waals surface area contributed by atoms with Crippen LogP contribution in [0.2, 0.25) is 0 Å². The van der Waals surface area contributed by atoms with E-state index in [4.69, 9.17) is 10.7 Å². The third kappa shape index (κ3) is 3.50. The molecular formula is C23H26N4O2. The minimum absolute atomic E-state index is 0.241. The molecule has 0 aliphatic carbocycles. The van der Waals surface area contributed by atoms with Crippen molar-refractivity contribution < 1.29 is 9.59 Å². The molecule has 1 fully saturated rings. The predicted octanol–water partition coefficient (Wildman–Crippen LogP) is 3.43. The lowest BCUT2D eigenvalue weighted by Crippen LogP contribution is -2.26. The third-order valence-electron chi connectivity index (χ3n) is 5.87. The first-order valence-corrected chi connectivity index (χ1v) is 10.1. The van der Waals surface area contributed by atoms with E-state index in [0.717, 1.165) is 66.0 Å². The van der Waals surface area contributed by atoms with Crippen molar-refractivity contribution in [3.05, 3.63) is 53.3 Å². The first-order valence-electron chi connectivity index (χ1n) is 10.1. The van der Waals surface area contributed by atoms with Crippen LogP contribution in [0.3, 0.4) is 0 Å². The maximum absolute atomic E-state index is 12.3. The molecule has 0 saturated carbocycles. The van der Waals surface area contributed by atoms with Gasteiger partial charge in [0.25, 0.3) is 5.91 Å². The summed E-state index contributed by atoms with van der Waals surface area (Å²) in [5.41, 5.74) is 10.6. The molecule has 1 aliphatic heterocycles. The van der Waals surface area contributed by atoms with Crippen molar-refractivity contribution in [3.63, 3.8) is 0 Å². The Morgan fingerprint density at radius 3 is 2.62 bits per heavy atom. The van der Waals surface area contributed by atoms with E-state index >= 15 is 0 Å². The number of benzene rings is 1. The number of hydrogen-bond donors (Lipinski definition) is 1. The summed E-state index contributed by atoms with van der Waals surface area (Å²) < 4.78 is 2.13. The molecule has 1 aromatic carbocycles. The van der Waals surface area contributed by atoms with E-state index in [2.05, 4.69) is 4.57 Å². The van der Waals surface area contributed by atoms with E-state index in [1.54, 1.807) is 0 Å². The molecule has 0 bridgehead atoms. The van der Waals surface area contributed by atoms with E-state index in [9.17, 15) is 9.59 Å². The molecule has 0 unspecified atom stereocenters. The first-order chi connectivity index (χ1) is 14.0. The molecule has 1 aliphatic rings. The summed E-state index contributed by atoms with van der Waals surface area (Å²) in [6, 6.07) is 11.9. The normalized spacial score (nSPS) is 14.1. The molecule has 6 nitrogen and oxygen atoms in total. The van der Waals surface area contributed by atoms with Crippen LogP contribution in [0.25, 0.3) is 22.2 Å². The van der Waals surface area contributed by atoms with Gasteiger partial charge in [-0.3, -0.25) is 9.59 Å². The van der Waals surface area contributed by atoms with Gasteiger partial charge in [-0.1, -0.05) is 24.3 Å². The Kier molecular flexibility index (Phi) is 5.09. The fraction of sp³-hybridized carbons (Fsp3) is 0.348. The predicted molar refractivity (Wildman–Crippen MR) is 114 cm³/mol. The molecule has 4 rings (SSSR count). The van der Waals surface area contributed by atoms with Crippen molar-refractivity contribution in [3.8, 4) is 11.3 Å². The Balaban J connectivity index is 1.68. The van der Waals surface area contributed by atoms with Crippen molar-refractivity contribution >= 4 is 22.7 Å². The molecule has 6 heteroatoms. The van der Waals surface area contributed by atoms with E-state index in [1.165, 1.54) is 0 Å². The highest BCUT2D eigenvalue weighted by Gasteiger charge is 2.24. The van der Waals surface area contributed by atoms with Crippen LogP contribution >= 0.6 is 0 Å². The van der Waals surface area contributed by atoms with Crippen LogP contribution in [0, 0.1) is 13.8 Å². The van der Waals surface area contributed by atoms with Crippen LogP contribution in [-0.4, -0.2) is 39.4 Å². The number of para-hydroxylation sites is 1. The maximum atomic E-state index is 12.3. The number of hydrogen-bond acceptors (Lipinski definition) is 3. The van der Waals surface area contributed by atoms with Gasteiger partial charge >= 0.3 is 0 Å². The van der Waals surface area contributed by atoms with Gasteiger partial charge in [-0.15, -0.1) is 0 Å². The summed E-state index contributed by atoms with van der Waals surface area (Å²) in [6.07, 6.45) is 2.44. The summed E-state index contributed by atoms with van der Waals surface area (Å²) in [6.45, 7) is 6.26. The van der Waals surface area contributed by atoms with Gasteiger partial charge in [-0.25, -0.2) is 4.98 Å².